The van der Waals surface area contributed by atoms with Gasteiger partial charge in [-0.1, -0.05) is 42.5 Å². The molecule has 0 aliphatic carbocycles. The van der Waals surface area contributed by atoms with E-state index in [0.29, 0.717) is 18.0 Å². The minimum absolute atomic E-state index is 0.0297. The summed E-state index contributed by atoms with van der Waals surface area (Å²) in [5.41, 5.74) is 4.00. The molecular weight excluding hydrogens is 378 g/mol. The molecule has 3 aromatic rings. The van der Waals surface area contributed by atoms with E-state index in [-0.39, 0.29) is 11.8 Å². The van der Waals surface area contributed by atoms with Crippen molar-refractivity contribution in [2.45, 2.75) is 38.0 Å². The van der Waals surface area contributed by atoms with Crippen LogP contribution < -0.4 is 11.1 Å². The van der Waals surface area contributed by atoms with Crippen LogP contribution in [0, 0.1) is 0 Å². The summed E-state index contributed by atoms with van der Waals surface area (Å²) in [6.45, 7) is 2.16. The third-order valence-corrected chi connectivity index (χ3v) is 6.07. The highest BCUT2D eigenvalue weighted by atomic mass is 16.4. The molecule has 0 saturated carbocycles. The largest absolute Gasteiger partial charge is 0.419 e. The number of carbonyl (C=O) groups excluding carboxylic acids is 1. The number of fused-ring (bicyclic) bond motifs is 1. The van der Waals surface area contributed by atoms with Gasteiger partial charge in [-0.3, -0.25) is 4.57 Å². The van der Waals surface area contributed by atoms with Crippen molar-refractivity contribution in [1.29, 1.82) is 0 Å². The number of oxazole rings is 1. The Morgan fingerprint density at radius 3 is 2.60 bits per heavy atom. The van der Waals surface area contributed by atoms with Crippen LogP contribution in [-0.2, 0) is 13.5 Å². The maximum absolute atomic E-state index is 12.5. The number of benzene rings is 2. The molecule has 1 N–H and O–H groups in total. The molecule has 2 heterocycles. The number of nitrogens with zero attached hydrogens (tertiary/aromatic N) is 2. The normalized spacial score (nSPS) is 14.9. The lowest BCUT2D eigenvalue weighted by molar-refractivity contribution is 0.181. The Morgan fingerprint density at radius 1 is 1.07 bits per heavy atom. The molecule has 158 valence electrons. The Morgan fingerprint density at radius 2 is 1.83 bits per heavy atom. The SMILES string of the molecule is Cn1c(=O)oc2cccc(C3CCN(C(=O)NCCCCc4ccccc4)CC3)c21. The summed E-state index contributed by atoms with van der Waals surface area (Å²) in [6, 6.07) is 16.3. The fraction of sp³-hybridized carbons (Fsp3) is 0.417. The summed E-state index contributed by atoms with van der Waals surface area (Å²) in [6.07, 6.45) is 4.87. The molecule has 0 unspecified atom stereocenters. The van der Waals surface area contributed by atoms with Crippen molar-refractivity contribution in [2.75, 3.05) is 19.6 Å². The molecule has 1 aliphatic rings. The topological polar surface area (TPSA) is 67.5 Å². The highest BCUT2D eigenvalue weighted by Crippen LogP contribution is 2.32. The Kier molecular flexibility index (Phi) is 6.21. The standard InChI is InChI=1S/C24H29N3O3/c1-26-22-20(11-7-12-21(22)30-24(26)29)19-13-16-27(17-14-19)23(28)25-15-6-5-10-18-8-3-2-4-9-18/h2-4,7-9,11-12,19H,5-6,10,13-17H2,1H3,(H,25,28). The van der Waals surface area contributed by atoms with Gasteiger partial charge in [0.15, 0.2) is 5.58 Å². The molecule has 0 radical (unpaired) electrons. The third kappa shape index (κ3) is 4.42. The number of unbranched alkanes of at least 4 members (excludes halogenated alkanes) is 1. The number of aromatic nitrogens is 1. The second-order valence-electron chi connectivity index (χ2n) is 8.06. The first kappa shape index (κ1) is 20.3. The average Bonchev–Trinajstić information content (AvgIpc) is 3.08. The number of amides is 2. The van der Waals surface area contributed by atoms with Crippen LogP contribution in [0.5, 0.6) is 0 Å². The van der Waals surface area contributed by atoms with E-state index >= 15 is 0 Å². The van der Waals surface area contributed by atoms with E-state index in [1.54, 1.807) is 11.6 Å². The first-order chi connectivity index (χ1) is 14.6. The molecule has 30 heavy (non-hydrogen) atoms. The molecular formula is C24H29N3O3. The van der Waals surface area contributed by atoms with Gasteiger partial charge in [0, 0.05) is 26.7 Å². The molecule has 1 fully saturated rings. The van der Waals surface area contributed by atoms with E-state index in [1.807, 2.05) is 23.1 Å². The minimum Gasteiger partial charge on any atom is -0.408 e. The third-order valence-electron chi connectivity index (χ3n) is 6.07. The summed E-state index contributed by atoms with van der Waals surface area (Å²) in [7, 11) is 1.75. The van der Waals surface area contributed by atoms with Crippen LogP contribution in [0.15, 0.2) is 57.7 Å². The van der Waals surface area contributed by atoms with Gasteiger partial charge >= 0.3 is 11.8 Å². The number of hydrogen-bond donors (Lipinski definition) is 1. The molecule has 4 rings (SSSR count). The highest BCUT2D eigenvalue weighted by Gasteiger charge is 2.26. The Bertz CT molecular complexity index is 1050. The van der Waals surface area contributed by atoms with E-state index in [0.717, 1.165) is 56.3 Å². The second kappa shape index (κ2) is 9.20. The van der Waals surface area contributed by atoms with Gasteiger partial charge in [0.1, 0.15) is 0 Å². The van der Waals surface area contributed by atoms with E-state index in [9.17, 15) is 9.59 Å². The van der Waals surface area contributed by atoms with Gasteiger partial charge in [0.25, 0.3) is 0 Å². The van der Waals surface area contributed by atoms with Crippen LogP contribution in [0.25, 0.3) is 11.1 Å². The van der Waals surface area contributed by atoms with Gasteiger partial charge in [-0.05, 0) is 55.2 Å². The average molecular weight is 408 g/mol. The Hall–Kier alpha value is -3.02. The van der Waals surface area contributed by atoms with Crippen molar-refractivity contribution in [3.05, 3.63) is 70.2 Å². The van der Waals surface area contributed by atoms with Crippen molar-refractivity contribution in [1.82, 2.24) is 14.8 Å². The summed E-state index contributed by atoms with van der Waals surface area (Å²) >= 11 is 0. The van der Waals surface area contributed by atoms with Gasteiger partial charge < -0.3 is 14.6 Å². The van der Waals surface area contributed by atoms with Crippen molar-refractivity contribution in [2.24, 2.45) is 7.05 Å². The number of rotatable bonds is 6. The number of piperidine rings is 1. The summed E-state index contributed by atoms with van der Waals surface area (Å²) in [5, 5.41) is 3.06. The zero-order valence-corrected chi connectivity index (χ0v) is 17.5. The number of para-hydroxylation sites is 1. The number of aryl methyl sites for hydroxylation is 2. The van der Waals surface area contributed by atoms with Crippen LogP contribution in [0.1, 0.15) is 42.7 Å². The fourth-order valence-electron chi connectivity index (χ4n) is 4.36. The molecule has 0 bridgehead atoms. The Labute approximate surface area is 176 Å². The highest BCUT2D eigenvalue weighted by molar-refractivity contribution is 5.78. The first-order valence-corrected chi connectivity index (χ1v) is 10.8. The van der Waals surface area contributed by atoms with Crippen molar-refractivity contribution < 1.29 is 9.21 Å². The van der Waals surface area contributed by atoms with Crippen LogP contribution in [0.3, 0.4) is 0 Å². The quantitative estimate of drug-likeness (QED) is 0.627. The Balaban J connectivity index is 1.24. The van der Waals surface area contributed by atoms with Gasteiger partial charge in [-0.15, -0.1) is 0 Å². The zero-order valence-electron chi connectivity index (χ0n) is 17.5. The zero-order chi connectivity index (χ0) is 20.9. The maximum atomic E-state index is 12.5. The molecule has 2 amide bonds. The molecule has 6 heteroatoms. The number of urea groups is 1. The predicted molar refractivity (Wildman–Crippen MR) is 118 cm³/mol. The minimum atomic E-state index is -0.332. The number of nitrogens with one attached hydrogen (secondary N) is 1. The van der Waals surface area contributed by atoms with Crippen molar-refractivity contribution >= 4 is 17.1 Å². The summed E-state index contributed by atoms with van der Waals surface area (Å²) in [5.74, 6) is -0.00616. The number of likely N-dealkylation sites (tertiary alicyclic amines) is 1. The maximum Gasteiger partial charge on any atom is 0.419 e. The number of hydrogen-bond acceptors (Lipinski definition) is 3. The van der Waals surface area contributed by atoms with Crippen LogP contribution in [-0.4, -0.2) is 35.1 Å². The monoisotopic (exact) mass is 407 g/mol. The van der Waals surface area contributed by atoms with Crippen molar-refractivity contribution in [3.63, 3.8) is 0 Å². The lowest BCUT2D eigenvalue weighted by Gasteiger charge is -2.32. The van der Waals surface area contributed by atoms with E-state index in [2.05, 4.69) is 35.6 Å². The summed E-state index contributed by atoms with van der Waals surface area (Å²) < 4.78 is 6.90. The number of carbonyl (C=O) groups is 1. The van der Waals surface area contributed by atoms with Crippen LogP contribution in [0.2, 0.25) is 0 Å². The van der Waals surface area contributed by atoms with Gasteiger partial charge in [0.05, 0.1) is 5.52 Å². The van der Waals surface area contributed by atoms with Crippen LogP contribution >= 0.6 is 0 Å². The van der Waals surface area contributed by atoms with Gasteiger partial charge in [-0.25, -0.2) is 9.59 Å². The lowest BCUT2D eigenvalue weighted by Crippen LogP contribution is -2.44. The molecule has 1 aliphatic heterocycles. The summed E-state index contributed by atoms with van der Waals surface area (Å²) in [4.78, 5) is 26.3. The first-order valence-electron chi connectivity index (χ1n) is 10.8. The smallest absolute Gasteiger partial charge is 0.408 e. The molecule has 1 aromatic heterocycles. The predicted octanol–water partition coefficient (Wildman–Crippen LogP) is 4.04. The fourth-order valence-corrected chi connectivity index (χ4v) is 4.36. The lowest BCUT2D eigenvalue weighted by atomic mass is 9.88. The van der Waals surface area contributed by atoms with E-state index in [1.165, 1.54) is 5.56 Å². The molecule has 6 nitrogen and oxygen atoms in total. The molecule has 2 aromatic carbocycles. The molecule has 0 spiro atoms. The van der Waals surface area contributed by atoms with Crippen LogP contribution in [0.4, 0.5) is 4.79 Å². The molecule has 1 saturated heterocycles. The van der Waals surface area contributed by atoms with E-state index in [4.69, 9.17) is 4.42 Å². The van der Waals surface area contributed by atoms with Gasteiger partial charge in [-0.2, -0.15) is 0 Å². The second-order valence-corrected chi connectivity index (χ2v) is 8.06. The van der Waals surface area contributed by atoms with Gasteiger partial charge in [0.2, 0.25) is 0 Å². The van der Waals surface area contributed by atoms with E-state index < -0.39 is 0 Å². The van der Waals surface area contributed by atoms with Crippen molar-refractivity contribution in [3.8, 4) is 0 Å². The molecule has 0 atom stereocenters.